The summed E-state index contributed by atoms with van der Waals surface area (Å²) in [5.74, 6) is 6.07. The summed E-state index contributed by atoms with van der Waals surface area (Å²) in [6.07, 6.45) is 19.6. The second kappa shape index (κ2) is 8.97. The van der Waals surface area contributed by atoms with Crippen molar-refractivity contribution in [2.75, 3.05) is 0 Å². The molecule has 3 aliphatic carbocycles. The molecule has 1 aromatic carbocycles. The van der Waals surface area contributed by atoms with Gasteiger partial charge in [-0.15, -0.1) is 6.58 Å². The fourth-order valence-corrected chi connectivity index (χ4v) is 6.82. The lowest BCUT2D eigenvalue weighted by Crippen LogP contribution is -2.34. The van der Waals surface area contributed by atoms with Crippen LogP contribution in [-0.4, -0.2) is 0 Å². The molecule has 27 heavy (non-hydrogen) atoms. The molecule has 148 valence electrons. The second-order valence-corrected chi connectivity index (χ2v) is 10.0. The topological polar surface area (TPSA) is 0 Å². The molecule has 0 spiro atoms. The Morgan fingerprint density at radius 1 is 0.778 bits per heavy atom. The third kappa shape index (κ3) is 4.52. The Balaban J connectivity index is 1.30. The first-order valence-corrected chi connectivity index (χ1v) is 12.0. The van der Waals surface area contributed by atoms with Crippen molar-refractivity contribution in [3.63, 3.8) is 0 Å². The third-order valence-corrected chi connectivity index (χ3v) is 8.62. The molecule has 1 aromatic rings. The number of rotatable bonds is 5. The van der Waals surface area contributed by atoms with Gasteiger partial charge in [-0.3, -0.25) is 0 Å². The Hall–Kier alpha value is -1.04. The summed E-state index contributed by atoms with van der Waals surface area (Å²) in [7, 11) is 0. The van der Waals surface area contributed by atoms with Gasteiger partial charge in [0.25, 0.3) is 0 Å². The van der Waals surface area contributed by atoms with Gasteiger partial charge in [-0.05, 0) is 104 Å². The maximum atomic E-state index is 3.86. The quantitative estimate of drug-likeness (QED) is 0.465. The van der Waals surface area contributed by atoms with E-state index in [4.69, 9.17) is 0 Å². The second-order valence-electron chi connectivity index (χ2n) is 10.0. The minimum atomic E-state index is 0.820. The molecule has 4 rings (SSSR count). The Bertz CT molecular complexity index is 589. The van der Waals surface area contributed by atoms with Gasteiger partial charge in [-0.1, -0.05) is 56.5 Å². The molecule has 3 fully saturated rings. The van der Waals surface area contributed by atoms with Crippen LogP contribution < -0.4 is 0 Å². The number of hydrogen-bond donors (Lipinski definition) is 0. The van der Waals surface area contributed by atoms with Crippen LogP contribution in [0.4, 0.5) is 0 Å². The summed E-state index contributed by atoms with van der Waals surface area (Å²) in [4.78, 5) is 0. The van der Waals surface area contributed by atoms with E-state index in [2.05, 4.69) is 37.8 Å². The van der Waals surface area contributed by atoms with Crippen LogP contribution in [0, 0.1) is 29.6 Å². The summed E-state index contributed by atoms with van der Waals surface area (Å²) in [5.41, 5.74) is 3.00. The lowest BCUT2D eigenvalue weighted by atomic mass is 9.60. The molecule has 4 atom stereocenters. The van der Waals surface area contributed by atoms with E-state index >= 15 is 0 Å². The van der Waals surface area contributed by atoms with E-state index in [-0.39, 0.29) is 0 Å². The van der Waals surface area contributed by atoms with Gasteiger partial charge in [0.2, 0.25) is 0 Å². The smallest absolute Gasteiger partial charge is 0.0100 e. The zero-order chi connectivity index (χ0) is 18.6. The summed E-state index contributed by atoms with van der Waals surface area (Å²) < 4.78 is 0. The average molecular weight is 365 g/mol. The maximum absolute atomic E-state index is 3.86. The fourth-order valence-electron chi connectivity index (χ4n) is 6.82. The van der Waals surface area contributed by atoms with Crippen molar-refractivity contribution >= 4 is 0 Å². The van der Waals surface area contributed by atoms with Crippen molar-refractivity contribution in [2.45, 2.75) is 89.9 Å². The van der Waals surface area contributed by atoms with Crippen molar-refractivity contribution in [1.29, 1.82) is 0 Å². The summed E-state index contributed by atoms with van der Waals surface area (Å²) in [6, 6.07) is 9.46. The summed E-state index contributed by atoms with van der Waals surface area (Å²) >= 11 is 0. The average Bonchev–Trinajstić information content (AvgIpc) is 2.74. The highest BCUT2D eigenvalue weighted by Gasteiger charge is 2.38. The highest BCUT2D eigenvalue weighted by Crippen LogP contribution is 2.50. The monoisotopic (exact) mass is 364 g/mol. The van der Waals surface area contributed by atoms with Gasteiger partial charge in [-0.2, -0.15) is 0 Å². The number of fused-ring (bicyclic) bond motifs is 1. The molecule has 0 aliphatic heterocycles. The molecule has 0 radical (unpaired) electrons. The Morgan fingerprint density at radius 3 is 2.04 bits per heavy atom. The van der Waals surface area contributed by atoms with Gasteiger partial charge < -0.3 is 0 Å². The van der Waals surface area contributed by atoms with Gasteiger partial charge in [-0.25, -0.2) is 0 Å². The molecule has 0 saturated heterocycles. The van der Waals surface area contributed by atoms with E-state index in [0.717, 1.165) is 41.9 Å². The highest BCUT2D eigenvalue weighted by atomic mass is 14.4. The molecule has 0 heteroatoms. The van der Waals surface area contributed by atoms with E-state index in [1.165, 1.54) is 56.9 Å². The minimum Gasteiger partial charge on any atom is -0.103 e. The summed E-state index contributed by atoms with van der Waals surface area (Å²) in [5, 5.41) is 0. The lowest BCUT2D eigenvalue weighted by Gasteiger charge is -2.45. The molecule has 0 bridgehead atoms. The number of benzene rings is 1. The van der Waals surface area contributed by atoms with Gasteiger partial charge in [0.15, 0.2) is 0 Å². The van der Waals surface area contributed by atoms with Crippen LogP contribution in [0.2, 0.25) is 0 Å². The largest absolute Gasteiger partial charge is 0.103 e. The standard InChI is InChI=1S/C27H40/c1-3-5-21-8-12-23(13-9-21)25-15-17-26-18-24(14-16-27(26)19-25)22-10-6-20(4-2)7-11-22/h3,8-9,12-13,20,22,24-27H,1,4-7,10-11,14-19H2,2H3. The first-order valence-electron chi connectivity index (χ1n) is 12.0. The molecule has 3 saturated carbocycles. The van der Waals surface area contributed by atoms with Crippen molar-refractivity contribution in [3.05, 3.63) is 48.0 Å². The normalized spacial score (nSPS) is 36.8. The first kappa shape index (κ1) is 19.3. The van der Waals surface area contributed by atoms with Crippen LogP contribution in [0.1, 0.15) is 94.6 Å². The molecule has 0 amide bonds. The zero-order valence-electron chi connectivity index (χ0n) is 17.5. The Morgan fingerprint density at radius 2 is 1.37 bits per heavy atom. The van der Waals surface area contributed by atoms with Crippen molar-refractivity contribution in [3.8, 4) is 0 Å². The Kier molecular flexibility index (Phi) is 6.41. The SMILES string of the molecule is C=CCc1ccc(C2CCC3CC(C4CCC(CC)CC4)CCC3C2)cc1. The van der Waals surface area contributed by atoms with Crippen molar-refractivity contribution in [1.82, 2.24) is 0 Å². The maximum Gasteiger partial charge on any atom is -0.0100 e. The molecular formula is C27H40. The Labute approximate surface area is 167 Å². The first-order chi connectivity index (χ1) is 13.3. The van der Waals surface area contributed by atoms with Crippen LogP contribution in [0.3, 0.4) is 0 Å². The van der Waals surface area contributed by atoms with Crippen molar-refractivity contribution in [2.24, 2.45) is 29.6 Å². The lowest BCUT2D eigenvalue weighted by molar-refractivity contribution is 0.0716. The van der Waals surface area contributed by atoms with E-state index < -0.39 is 0 Å². The third-order valence-electron chi connectivity index (χ3n) is 8.62. The van der Waals surface area contributed by atoms with Crippen molar-refractivity contribution < 1.29 is 0 Å². The molecule has 0 N–H and O–H groups in total. The van der Waals surface area contributed by atoms with Crippen LogP contribution >= 0.6 is 0 Å². The highest BCUT2D eigenvalue weighted by molar-refractivity contribution is 5.27. The van der Waals surface area contributed by atoms with E-state index in [9.17, 15) is 0 Å². The predicted octanol–water partition coefficient (Wildman–Crippen LogP) is 7.93. The van der Waals surface area contributed by atoms with Crippen LogP contribution in [0.25, 0.3) is 0 Å². The van der Waals surface area contributed by atoms with Gasteiger partial charge in [0, 0.05) is 0 Å². The molecule has 4 unspecified atom stereocenters. The molecule has 0 aromatic heterocycles. The zero-order valence-corrected chi connectivity index (χ0v) is 17.5. The van der Waals surface area contributed by atoms with Gasteiger partial charge in [0.1, 0.15) is 0 Å². The summed E-state index contributed by atoms with van der Waals surface area (Å²) in [6.45, 7) is 6.25. The molecular weight excluding hydrogens is 324 g/mol. The van der Waals surface area contributed by atoms with E-state index in [0.29, 0.717) is 0 Å². The van der Waals surface area contributed by atoms with Crippen LogP contribution in [0.5, 0.6) is 0 Å². The molecule has 0 heterocycles. The molecule has 3 aliphatic rings. The van der Waals surface area contributed by atoms with E-state index in [1.54, 1.807) is 24.8 Å². The van der Waals surface area contributed by atoms with E-state index in [1.807, 2.05) is 6.08 Å². The predicted molar refractivity (Wildman–Crippen MR) is 117 cm³/mol. The number of allylic oxidation sites excluding steroid dienone is 1. The fraction of sp³-hybridized carbons (Fsp3) is 0.704. The van der Waals surface area contributed by atoms with Crippen LogP contribution in [0.15, 0.2) is 36.9 Å². The van der Waals surface area contributed by atoms with Crippen LogP contribution in [-0.2, 0) is 6.42 Å². The number of hydrogen-bond acceptors (Lipinski definition) is 0. The molecule has 0 nitrogen and oxygen atoms in total. The minimum absolute atomic E-state index is 0.820. The van der Waals surface area contributed by atoms with Gasteiger partial charge in [0.05, 0.1) is 0 Å². The van der Waals surface area contributed by atoms with Gasteiger partial charge >= 0.3 is 0 Å².